The highest BCUT2D eigenvalue weighted by Gasteiger charge is 2.41. The number of carbonyl (C=O) groups excluding carboxylic acids is 2. The molecule has 0 spiro atoms. The van der Waals surface area contributed by atoms with Crippen LogP contribution in [0.1, 0.15) is 60.6 Å². The van der Waals surface area contributed by atoms with Gasteiger partial charge in [-0.05, 0) is 31.4 Å². The zero-order valence-corrected chi connectivity index (χ0v) is 15.0. The molecule has 7 heteroatoms. The maximum absolute atomic E-state index is 12.4. The highest BCUT2D eigenvalue weighted by atomic mass is 16.5. The van der Waals surface area contributed by atoms with Crippen molar-refractivity contribution < 1.29 is 14.1 Å². The molecular formula is C19H24N4O3. The lowest BCUT2D eigenvalue weighted by Gasteiger charge is -2.26. The molecule has 3 rings (SSSR count). The van der Waals surface area contributed by atoms with Crippen molar-refractivity contribution in [1.29, 1.82) is 0 Å². The van der Waals surface area contributed by atoms with Crippen LogP contribution in [0, 0.1) is 6.92 Å². The Morgan fingerprint density at radius 2 is 1.92 bits per heavy atom. The summed E-state index contributed by atoms with van der Waals surface area (Å²) in [7, 11) is 0. The van der Waals surface area contributed by atoms with Gasteiger partial charge in [0.25, 0.3) is 5.91 Å². The molecule has 26 heavy (non-hydrogen) atoms. The molecular weight excluding hydrogens is 332 g/mol. The van der Waals surface area contributed by atoms with Crippen molar-refractivity contribution in [3.8, 4) is 0 Å². The van der Waals surface area contributed by atoms with Gasteiger partial charge < -0.3 is 15.2 Å². The number of aryl methyl sites for hydroxylation is 1. The Balaban J connectivity index is 1.47. The van der Waals surface area contributed by atoms with Crippen LogP contribution in [0.4, 0.5) is 0 Å². The van der Waals surface area contributed by atoms with Crippen molar-refractivity contribution in [2.24, 2.45) is 0 Å². The first-order valence-electron chi connectivity index (χ1n) is 9.04. The van der Waals surface area contributed by atoms with E-state index >= 15 is 0 Å². The Bertz CT molecular complexity index is 751. The number of nitrogens with one attached hydrogen (secondary N) is 2. The normalized spacial score (nSPS) is 15.6. The average Bonchev–Trinajstić information content (AvgIpc) is 3.29. The molecule has 1 fully saturated rings. The zero-order valence-electron chi connectivity index (χ0n) is 15.0. The van der Waals surface area contributed by atoms with Crippen LogP contribution in [0.3, 0.4) is 0 Å². The number of rotatable bonds is 7. The largest absolute Gasteiger partial charge is 0.352 e. The van der Waals surface area contributed by atoms with Crippen LogP contribution in [0.15, 0.2) is 34.9 Å². The second kappa shape index (κ2) is 8.12. The van der Waals surface area contributed by atoms with Crippen LogP contribution in [-0.2, 0) is 10.3 Å². The molecule has 1 heterocycles. The maximum Gasteiger partial charge on any atom is 0.251 e. The molecule has 1 saturated carbocycles. The van der Waals surface area contributed by atoms with Crippen molar-refractivity contribution in [1.82, 2.24) is 20.8 Å². The minimum absolute atomic E-state index is 0.0525. The fraction of sp³-hybridized carbons (Fsp3) is 0.474. The van der Waals surface area contributed by atoms with Gasteiger partial charge >= 0.3 is 0 Å². The predicted molar refractivity (Wildman–Crippen MR) is 95.3 cm³/mol. The Morgan fingerprint density at radius 3 is 2.58 bits per heavy atom. The molecule has 1 aliphatic rings. The van der Waals surface area contributed by atoms with E-state index < -0.39 is 5.54 Å². The molecule has 7 nitrogen and oxygen atoms in total. The highest BCUT2D eigenvalue weighted by molar-refractivity contribution is 5.94. The van der Waals surface area contributed by atoms with Gasteiger partial charge in [0, 0.05) is 25.5 Å². The number of amides is 2. The lowest BCUT2D eigenvalue weighted by Crippen LogP contribution is -2.44. The molecule has 0 saturated heterocycles. The van der Waals surface area contributed by atoms with Crippen molar-refractivity contribution in [3.63, 3.8) is 0 Å². The van der Waals surface area contributed by atoms with E-state index in [0.29, 0.717) is 36.7 Å². The Hall–Kier alpha value is -2.70. The third kappa shape index (κ3) is 4.28. The summed E-state index contributed by atoms with van der Waals surface area (Å²) >= 11 is 0. The van der Waals surface area contributed by atoms with Gasteiger partial charge in [0.15, 0.2) is 5.82 Å². The van der Waals surface area contributed by atoms with Gasteiger partial charge in [-0.2, -0.15) is 4.98 Å². The smallest absolute Gasteiger partial charge is 0.251 e. The molecule has 2 N–H and O–H groups in total. The van der Waals surface area contributed by atoms with E-state index in [2.05, 4.69) is 20.8 Å². The van der Waals surface area contributed by atoms with E-state index in [1.165, 1.54) is 0 Å². The number of aromatic nitrogens is 2. The van der Waals surface area contributed by atoms with Crippen molar-refractivity contribution in [3.05, 3.63) is 47.6 Å². The van der Waals surface area contributed by atoms with Crippen LogP contribution >= 0.6 is 0 Å². The number of hydrogen-bond acceptors (Lipinski definition) is 5. The summed E-state index contributed by atoms with van der Waals surface area (Å²) in [6.07, 6.45) is 4.62. The van der Waals surface area contributed by atoms with Crippen LogP contribution in [0.5, 0.6) is 0 Å². The van der Waals surface area contributed by atoms with E-state index in [9.17, 15) is 9.59 Å². The molecule has 1 aromatic heterocycles. The van der Waals surface area contributed by atoms with Crippen molar-refractivity contribution in [2.45, 2.75) is 51.0 Å². The highest BCUT2D eigenvalue weighted by Crippen LogP contribution is 2.37. The van der Waals surface area contributed by atoms with Crippen LogP contribution < -0.4 is 10.6 Å². The van der Waals surface area contributed by atoms with E-state index in [1.807, 2.05) is 18.2 Å². The Kier molecular flexibility index (Phi) is 5.65. The lowest BCUT2D eigenvalue weighted by molar-refractivity contribution is -0.123. The summed E-state index contributed by atoms with van der Waals surface area (Å²) in [5, 5.41) is 9.96. The fourth-order valence-electron chi connectivity index (χ4n) is 3.35. The second-order valence-corrected chi connectivity index (χ2v) is 6.70. The van der Waals surface area contributed by atoms with Crippen molar-refractivity contribution in [2.75, 3.05) is 6.54 Å². The first kappa shape index (κ1) is 18.1. The number of benzene rings is 1. The fourth-order valence-corrected chi connectivity index (χ4v) is 3.35. The van der Waals surface area contributed by atoms with E-state index in [0.717, 1.165) is 25.7 Å². The summed E-state index contributed by atoms with van der Waals surface area (Å²) in [5.41, 5.74) is 0.108. The molecule has 0 bridgehead atoms. The quantitative estimate of drug-likeness (QED) is 0.743. The van der Waals surface area contributed by atoms with Crippen molar-refractivity contribution >= 4 is 11.8 Å². The monoisotopic (exact) mass is 356 g/mol. The Morgan fingerprint density at radius 1 is 1.19 bits per heavy atom. The first-order chi connectivity index (χ1) is 12.6. The van der Waals surface area contributed by atoms with Crippen LogP contribution in [0.2, 0.25) is 0 Å². The molecule has 0 radical (unpaired) electrons. The standard InChI is InChI=1S/C19H24N4O3/c1-14-21-18(23-26-14)19(11-5-6-12-19)22-16(24)10-7-13-20-17(25)15-8-3-2-4-9-15/h2-4,8-9H,5-7,10-13H2,1H3,(H,20,25)(H,22,24). The van der Waals surface area contributed by atoms with Gasteiger partial charge in [0.1, 0.15) is 5.54 Å². The third-order valence-corrected chi connectivity index (χ3v) is 4.69. The molecule has 1 aliphatic carbocycles. The first-order valence-corrected chi connectivity index (χ1v) is 9.04. The zero-order chi connectivity index (χ0) is 18.4. The van der Waals surface area contributed by atoms with Crippen LogP contribution in [-0.4, -0.2) is 28.5 Å². The van der Waals surface area contributed by atoms with Crippen LogP contribution in [0.25, 0.3) is 0 Å². The summed E-state index contributed by atoms with van der Waals surface area (Å²) in [6, 6.07) is 9.04. The predicted octanol–water partition coefficient (Wildman–Crippen LogP) is 2.47. The third-order valence-electron chi connectivity index (χ3n) is 4.69. The van der Waals surface area contributed by atoms with Gasteiger partial charge in [-0.1, -0.05) is 36.2 Å². The van der Waals surface area contributed by atoms with E-state index in [4.69, 9.17) is 4.52 Å². The molecule has 1 aromatic carbocycles. The van der Waals surface area contributed by atoms with Gasteiger partial charge in [-0.25, -0.2) is 0 Å². The number of nitrogens with zero attached hydrogens (tertiary/aromatic N) is 2. The lowest BCUT2D eigenvalue weighted by atomic mass is 9.96. The topological polar surface area (TPSA) is 97.1 Å². The number of hydrogen-bond donors (Lipinski definition) is 2. The molecule has 0 aliphatic heterocycles. The second-order valence-electron chi connectivity index (χ2n) is 6.70. The molecule has 0 atom stereocenters. The van der Waals surface area contributed by atoms with Gasteiger partial charge in [-0.3, -0.25) is 9.59 Å². The van der Waals surface area contributed by atoms with E-state index in [1.54, 1.807) is 19.1 Å². The van der Waals surface area contributed by atoms with Gasteiger partial charge in [0.05, 0.1) is 0 Å². The maximum atomic E-state index is 12.4. The number of carbonyl (C=O) groups is 2. The van der Waals surface area contributed by atoms with E-state index in [-0.39, 0.29) is 11.8 Å². The molecule has 2 amide bonds. The van der Waals surface area contributed by atoms with Gasteiger partial charge in [0.2, 0.25) is 11.8 Å². The molecule has 138 valence electrons. The SMILES string of the molecule is Cc1nc(C2(NC(=O)CCCNC(=O)c3ccccc3)CCCC2)no1. The minimum atomic E-state index is -0.512. The summed E-state index contributed by atoms with van der Waals surface area (Å²) in [5.74, 6) is 0.895. The molecule has 0 unspecified atom stereocenters. The molecule has 2 aromatic rings. The summed E-state index contributed by atoms with van der Waals surface area (Å²) in [6.45, 7) is 2.20. The summed E-state index contributed by atoms with van der Waals surface area (Å²) < 4.78 is 5.09. The summed E-state index contributed by atoms with van der Waals surface area (Å²) in [4.78, 5) is 28.7. The minimum Gasteiger partial charge on any atom is -0.352 e. The Labute approximate surface area is 152 Å². The van der Waals surface area contributed by atoms with Gasteiger partial charge in [-0.15, -0.1) is 0 Å². The average molecular weight is 356 g/mol.